The highest BCUT2D eigenvalue weighted by molar-refractivity contribution is 5.82. The number of hydrogen-bond acceptors (Lipinski definition) is 5. The van der Waals surface area contributed by atoms with Crippen molar-refractivity contribution in [3.8, 4) is 22.5 Å². The zero-order valence-corrected chi connectivity index (χ0v) is 14.6. The number of nitrogens with one attached hydrogen (secondary N) is 1. The smallest absolute Gasteiger partial charge is 0.373 e. The van der Waals surface area contributed by atoms with Gasteiger partial charge in [0.1, 0.15) is 6.33 Å². The number of aryl methyl sites for hydroxylation is 1. The molecule has 0 spiro atoms. The van der Waals surface area contributed by atoms with E-state index in [2.05, 4.69) is 50.3 Å². The average molecular weight is 359 g/mol. The standard InChI is InChI=1S/C17H14N2.C3H3N3O2/c1-13-10-14(16-6-2-4-8-18-16)12-15(11-13)17-7-3-5-9-19-17;7-3(8)2-4-1-5-6-2/h2-12H,1H3;1H,(H,7,8)(H,4,5,6). The first-order valence-electron chi connectivity index (χ1n) is 8.16. The second-order valence-corrected chi connectivity index (χ2v) is 5.66. The molecule has 7 heteroatoms. The molecule has 0 aliphatic rings. The van der Waals surface area contributed by atoms with Crippen LogP contribution in [0.3, 0.4) is 0 Å². The molecule has 134 valence electrons. The van der Waals surface area contributed by atoms with Gasteiger partial charge < -0.3 is 5.11 Å². The van der Waals surface area contributed by atoms with E-state index >= 15 is 0 Å². The predicted octanol–water partition coefficient (Wildman–Crippen LogP) is 3.62. The number of carbonyl (C=O) groups is 1. The summed E-state index contributed by atoms with van der Waals surface area (Å²) in [6.45, 7) is 2.10. The van der Waals surface area contributed by atoms with Crippen molar-refractivity contribution in [1.29, 1.82) is 0 Å². The fourth-order valence-electron chi connectivity index (χ4n) is 2.45. The minimum atomic E-state index is -1.09. The lowest BCUT2D eigenvalue weighted by Crippen LogP contribution is -1.97. The zero-order valence-electron chi connectivity index (χ0n) is 14.6. The van der Waals surface area contributed by atoms with Gasteiger partial charge in [0.25, 0.3) is 0 Å². The predicted molar refractivity (Wildman–Crippen MR) is 101 cm³/mol. The minimum absolute atomic E-state index is 0.134. The molecule has 0 saturated heterocycles. The Morgan fingerprint density at radius 3 is 1.85 bits per heavy atom. The molecule has 0 aliphatic heterocycles. The number of carboxylic acids is 1. The van der Waals surface area contributed by atoms with Gasteiger partial charge in [0.2, 0.25) is 5.82 Å². The van der Waals surface area contributed by atoms with E-state index in [9.17, 15) is 4.79 Å². The molecule has 1 aromatic carbocycles. The van der Waals surface area contributed by atoms with E-state index in [4.69, 9.17) is 5.11 Å². The van der Waals surface area contributed by atoms with Crippen molar-refractivity contribution < 1.29 is 9.90 Å². The molecule has 0 unspecified atom stereocenters. The van der Waals surface area contributed by atoms with Gasteiger partial charge in [0.05, 0.1) is 11.4 Å². The molecular formula is C20H17N5O2. The highest BCUT2D eigenvalue weighted by atomic mass is 16.4. The normalized spacial score (nSPS) is 9.96. The molecule has 0 amide bonds. The third-order valence-electron chi connectivity index (χ3n) is 3.62. The van der Waals surface area contributed by atoms with E-state index < -0.39 is 5.97 Å². The third-order valence-corrected chi connectivity index (χ3v) is 3.62. The van der Waals surface area contributed by atoms with Crippen LogP contribution in [-0.4, -0.2) is 36.2 Å². The minimum Gasteiger partial charge on any atom is -0.475 e. The van der Waals surface area contributed by atoms with E-state index in [1.807, 2.05) is 48.8 Å². The van der Waals surface area contributed by atoms with Crippen LogP contribution in [0.25, 0.3) is 22.5 Å². The third kappa shape index (κ3) is 4.82. The van der Waals surface area contributed by atoms with Crippen molar-refractivity contribution in [3.05, 3.63) is 84.7 Å². The Morgan fingerprint density at radius 2 is 1.48 bits per heavy atom. The Kier molecular flexibility index (Phi) is 5.64. The number of aromatic amines is 1. The summed E-state index contributed by atoms with van der Waals surface area (Å²) < 4.78 is 0. The van der Waals surface area contributed by atoms with Crippen molar-refractivity contribution in [1.82, 2.24) is 25.1 Å². The van der Waals surface area contributed by atoms with Gasteiger partial charge in [-0.15, -0.1) is 0 Å². The van der Waals surface area contributed by atoms with E-state index in [0.717, 1.165) is 28.8 Å². The molecule has 4 rings (SSSR count). The summed E-state index contributed by atoms with van der Waals surface area (Å²) in [5.41, 5.74) is 5.44. The lowest BCUT2D eigenvalue weighted by atomic mass is 10.0. The highest BCUT2D eigenvalue weighted by Crippen LogP contribution is 2.25. The fraction of sp³-hybridized carbons (Fsp3) is 0.0500. The molecule has 0 bridgehead atoms. The molecular weight excluding hydrogens is 342 g/mol. The Labute approximate surface area is 155 Å². The Bertz CT molecular complexity index is 946. The summed E-state index contributed by atoms with van der Waals surface area (Å²) >= 11 is 0. The van der Waals surface area contributed by atoms with Crippen LogP contribution in [0, 0.1) is 6.92 Å². The number of aromatic carboxylic acids is 1. The van der Waals surface area contributed by atoms with Crippen molar-refractivity contribution >= 4 is 5.97 Å². The number of benzene rings is 1. The molecule has 27 heavy (non-hydrogen) atoms. The van der Waals surface area contributed by atoms with Crippen LogP contribution >= 0.6 is 0 Å². The Balaban J connectivity index is 0.000000221. The summed E-state index contributed by atoms with van der Waals surface area (Å²) in [5.74, 6) is -1.23. The van der Waals surface area contributed by atoms with Gasteiger partial charge in [0, 0.05) is 23.5 Å². The van der Waals surface area contributed by atoms with Gasteiger partial charge >= 0.3 is 5.97 Å². The first-order chi connectivity index (χ1) is 13.1. The number of rotatable bonds is 3. The van der Waals surface area contributed by atoms with Crippen molar-refractivity contribution in [2.45, 2.75) is 6.92 Å². The van der Waals surface area contributed by atoms with E-state index in [1.54, 1.807) is 0 Å². The first-order valence-corrected chi connectivity index (χ1v) is 8.16. The summed E-state index contributed by atoms with van der Waals surface area (Å²) in [4.78, 5) is 22.1. The van der Waals surface area contributed by atoms with E-state index in [0.29, 0.717) is 0 Å². The molecule has 4 aromatic rings. The molecule has 3 heterocycles. The number of nitrogens with zero attached hydrogens (tertiary/aromatic N) is 4. The fourth-order valence-corrected chi connectivity index (χ4v) is 2.45. The van der Waals surface area contributed by atoms with Gasteiger partial charge in [0.15, 0.2) is 0 Å². The number of H-pyrrole nitrogens is 1. The maximum Gasteiger partial charge on any atom is 0.373 e. The van der Waals surface area contributed by atoms with Crippen LogP contribution in [0.15, 0.2) is 73.3 Å². The molecule has 0 fully saturated rings. The Hall–Kier alpha value is -3.87. The largest absolute Gasteiger partial charge is 0.475 e. The van der Waals surface area contributed by atoms with Crippen molar-refractivity contribution in [3.63, 3.8) is 0 Å². The van der Waals surface area contributed by atoms with Crippen LogP contribution in [0.5, 0.6) is 0 Å². The monoisotopic (exact) mass is 359 g/mol. The maximum absolute atomic E-state index is 9.93. The number of pyridine rings is 2. The van der Waals surface area contributed by atoms with Gasteiger partial charge in [-0.3, -0.25) is 15.1 Å². The number of carboxylic acid groups (broad SMARTS) is 1. The van der Waals surface area contributed by atoms with Gasteiger partial charge in [-0.25, -0.2) is 9.78 Å². The van der Waals surface area contributed by atoms with Crippen LogP contribution in [0.2, 0.25) is 0 Å². The molecule has 0 radical (unpaired) electrons. The van der Waals surface area contributed by atoms with Crippen molar-refractivity contribution in [2.24, 2.45) is 0 Å². The molecule has 2 N–H and O–H groups in total. The molecule has 7 nitrogen and oxygen atoms in total. The van der Waals surface area contributed by atoms with Crippen LogP contribution < -0.4 is 0 Å². The average Bonchev–Trinajstić information content (AvgIpc) is 3.25. The SMILES string of the molecule is Cc1cc(-c2ccccn2)cc(-c2ccccn2)c1.O=C(O)c1ncn[nH]1. The number of hydrogen-bond donors (Lipinski definition) is 2. The van der Waals surface area contributed by atoms with Crippen LogP contribution in [0.4, 0.5) is 0 Å². The quantitative estimate of drug-likeness (QED) is 0.579. The second kappa shape index (κ2) is 8.48. The highest BCUT2D eigenvalue weighted by Gasteiger charge is 2.05. The molecule has 3 aromatic heterocycles. The van der Waals surface area contributed by atoms with Gasteiger partial charge in [-0.1, -0.05) is 12.1 Å². The van der Waals surface area contributed by atoms with Crippen LogP contribution in [-0.2, 0) is 0 Å². The van der Waals surface area contributed by atoms with Crippen molar-refractivity contribution in [2.75, 3.05) is 0 Å². The molecule has 0 aliphatic carbocycles. The lowest BCUT2D eigenvalue weighted by molar-refractivity contribution is 0.0684. The van der Waals surface area contributed by atoms with Crippen LogP contribution in [0.1, 0.15) is 16.2 Å². The molecule has 0 saturated carbocycles. The lowest BCUT2D eigenvalue weighted by Gasteiger charge is -2.07. The molecule has 0 atom stereocenters. The Morgan fingerprint density at radius 1 is 0.889 bits per heavy atom. The maximum atomic E-state index is 9.93. The zero-order chi connectivity index (χ0) is 19.1. The number of aromatic nitrogens is 5. The summed E-state index contributed by atoms with van der Waals surface area (Å²) in [5, 5.41) is 13.6. The topological polar surface area (TPSA) is 105 Å². The first kappa shape index (κ1) is 17.9. The summed E-state index contributed by atoms with van der Waals surface area (Å²) in [7, 11) is 0. The summed E-state index contributed by atoms with van der Waals surface area (Å²) in [6, 6.07) is 18.4. The van der Waals surface area contributed by atoms with E-state index in [1.165, 1.54) is 5.56 Å². The second-order valence-electron chi connectivity index (χ2n) is 5.66. The van der Waals surface area contributed by atoms with Gasteiger partial charge in [-0.2, -0.15) is 5.10 Å². The van der Waals surface area contributed by atoms with Gasteiger partial charge in [-0.05, 0) is 55.0 Å². The van der Waals surface area contributed by atoms with E-state index in [-0.39, 0.29) is 5.82 Å². The summed E-state index contributed by atoms with van der Waals surface area (Å²) in [6.07, 6.45) is 4.78.